The smallest absolute Gasteiger partial charge is 0.178 e. The van der Waals surface area contributed by atoms with Crippen molar-refractivity contribution in [3.8, 4) is 11.1 Å². The van der Waals surface area contributed by atoms with Crippen molar-refractivity contribution in [2.24, 2.45) is 0 Å². The third kappa shape index (κ3) is 3.22. The minimum Gasteiger partial charge on any atom is -0.224 e. The van der Waals surface area contributed by atoms with E-state index < -0.39 is 9.84 Å². The normalized spacial score (nSPS) is 11.6. The first-order valence-electron chi connectivity index (χ1n) is 6.53. The third-order valence-corrected chi connectivity index (χ3v) is 5.33. The molecule has 0 atom stereocenters. The Bertz CT molecular complexity index is 721. The van der Waals surface area contributed by atoms with Gasteiger partial charge in [-0.1, -0.05) is 36.7 Å². The Labute approximate surface area is 125 Å². The van der Waals surface area contributed by atoms with Crippen LogP contribution in [0.4, 0.5) is 0 Å². The average Bonchev–Trinajstić information content (AvgIpc) is 2.42. The Morgan fingerprint density at radius 2 is 1.85 bits per heavy atom. The van der Waals surface area contributed by atoms with E-state index in [0.717, 1.165) is 16.7 Å². The van der Waals surface area contributed by atoms with Gasteiger partial charge in [0.1, 0.15) is 0 Å². The van der Waals surface area contributed by atoms with Crippen LogP contribution in [0.25, 0.3) is 11.1 Å². The maximum absolute atomic E-state index is 12.1. The van der Waals surface area contributed by atoms with Gasteiger partial charge in [0.25, 0.3) is 0 Å². The maximum atomic E-state index is 12.1. The van der Waals surface area contributed by atoms with E-state index in [1.54, 1.807) is 18.2 Å². The van der Waals surface area contributed by atoms with Crippen LogP contribution in [0.1, 0.15) is 18.9 Å². The van der Waals surface area contributed by atoms with Gasteiger partial charge < -0.3 is 0 Å². The van der Waals surface area contributed by atoms with E-state index in [-0.39, 0.29) is 5.75 Å². The summed E-state index contributed by atoms with van der Waals surface area (Å²) in [5.41, 5.74) is 2.91. The number of hydrogen-bond acceptors (Lipinski definition) is 2. The Balaban J connectivity index is 2.53. The van der Waals surface area contributed by atoms with E-state index in [9.17, 15) is 8.42 Å². The minimum atomic E-state index is -3.20. The van der Waals surface area contributed by atoms with Crippen LogP contribution in [0.2, 0.25) is 5.02 Å². The topological polar surface area (TPSA) is 34.1 Å². The van der Waals surface area contributed by atoms with Crippen LogP contribution in [-0.4, -0.2) is 14.2 Å². The Morgan fingerprint density at radius 1 is 1.10 bits per heavy atom. The highest BCUT2D eigenvalue weighted by Gasteiger charge is 2.14. The highest BCUT2D eigenvalue weighted by Crippen LogP contribution is 2.28. The molecule has 0 N–H and O–H groups in total. The highest BCUT2D eigenvalue weighted by molar-refractivity contribution is 7.91. The molecule has 2 nitrogen and oxygen atoms in total. The second kappa shape index (κ2) is 5.98. The van der Waals surface area contributed by atoms with E-state index in [0.29, 0.717) is 16.3 Å². The van der Waals surface area contributed by atoms with Crippen molar-refractivity contribution in [1.29, 1.82) is 0 Å². The van der Waals surface area contributed by atoms with Gasteiger partial charge >= 0.3 is 0 Å². The summed E-state index contributed by atoms with van der Waals surface area (Å²) in [4.78, 5) is 0.372. The molecule has 4 heteroatoms. The molecule has 2 rings (SSSR count). The van der Waals surface area contributed by atoms with Crippen molar-refractivity contribution < 1.29 is 8.42 Å². The largest absolute Gasteiger partial charge is 0.224 e. The quantitative estimate of drug-likeness (QED) is 0.833. The van der Waals surface area contributed by atoms with Crippen molar-refractivity contribution in [2.45, 2.75) is 25.2 Å². The van der Waals surface area contributed by atoms with Crippen LogP contribution in [0.3, 0.4) is 0 Å². The first-order chi connectivity index (χ1) is 9.44. The molecule has 0 aromatic heterocycles. The fourth-order valence-electron chi connectivity index (χ4n) is 2.15. The van der Waals surface area contributed by atoms with Gasteiger partial charge in [0, 0.05) is 5.02 Å². The minimum absolute atomic E-state index is 0.172. The van der Waals surface area contributed by atoms with Gasteiger partial charge in [0.15, 0.2) is 9.84 Å². The molecule has 0 saturated carbocycles. The van der Waals surface area contributed by atoms with Crippen LogP contribution < -0.4 is 0 Å². The zero-order chi connectivity index (χ0) is 14.8. The summed E-state index contributed by atoms with van der Waals surface area (Å²) in [6.45, 7) is 3.85. The number of hydrogen-bond donors (Lipinski definition) is 0. The highest BCUT2D eigenvalue weighted by atomic mass is 35.5. The van der Waals surface area contributed by atoms with E-state index in [1.807, 2.05) is 38.1 Å². The molecule has 0 fully saturated rings. The zero-order valence-electron chi connectivity index (χ0n) is 11.6. The molecule has 2 aromatic carbocycles. The van der Waals surface area contributed by atoms with Gasteiger partial charge in [-0.25, -0.2) is 8.42 Å². The lowest BCUT2D eigenvalue weighted by molar-refractivity contribution is 0.595. The monoisotopic (exact) mass is 308 g/mol. The van der Waals surface area contributed by atoms with Gasteiger partial charge in [-0.15, -0.1) is 0 Å². The molecule has 0 saturated heterocycles. The van der Waals surface area contributed by atoms with Gasteiger partial charge in [0.2, 0.25) is 0 Å². The fraction of sp³-hybridized carbons (Fsp3) is 0.250. The van der Waals surface area contributed by atoms with Crippen molar-refractivity contribution in [3.63, 3.8) is 0 Å². The predicted molar refractivity (Wildman–Crippen MR) is 84.0 cm³/mol. The molecular formula is C16H17ClO2S. The first kappa shape index (κ1) is 15.1. The lowest BCUT2D eigenvalue weighted by Crippen LogP contribution is -2.05. The molecule has 0 unspecified atom stereocenters. The Hall–Kier alpha value is -1.32. The van der Waals surface area contributed by atoms with Crippen molar-refractivity contribution in [1.82, 2.24) is 0 Å². The van der Waals surface area contributed by atoms with Gasteiger partial charge in [-0.05, 0) is 54.3 Å². The number of halogens is 1. The summed E-state index contributed by atoms with van der Waals surface area (Å²) >= 11 is 6.03. The predicted octanol–water partition coefficient (Wildman–Crippen LogP) is 4.50. The molecule has 0 spiro atoms. The summed E-state index contributed by atoms with van der Waals surface area (Å²) in [6, 6.07) is 12.7. The zero-order valence-corrected chi connectivity index (χ0v) is 13.1. The molecule has 0 aliphatic carbocycles. The van der Waals surface area contributed by atoms with Gasteiger partial charge in [-0.2, -0.15) is 0 Å². The number of rotatable bonds is 4. The number of sulfone groups is 1. The molecule has 20 heavy (non-hydrogen) atoms. The third-order valence-electron chi connectivity index (χ3n) is 3.18. The molecule has 0 heterocycles. The summed E-state index contributed by atoms with van der Waals surface area (Å²) in [6.07, 6.45) is 0.614. The standard InChI is InChI=1S/C16H17ClO2S/c1-3-9-20(18,19)15-6-4-5-13(10-15)16-11-14(17)8-7-12(16)2/h4-8,10-11H,3,9H2,1-2H3. The lowest BCUT2D eigenvalue weighted by atomic mass is 10.0. The first-order valence-corrected chi connectivity index (χ1v) is 8.56. The second-order valence-electron chi connectivity index (χ2n) is 4.81. The van der Waals surface area contributed by atoms with E-state index in [4.69, 9.17) is 11.6 Å². The number of aryl methyl sites for hydroxylation is 1. The molecule has 0 aliphatic rings. The summed E-state index contributed by atoms with van der Waals surface area (Å²) in [5, 5.41) is 0.646. The van der Waals surface area contributed by atoms with Gasteiger partial charge in [0.05, 0.1) is 10.6 Å². The molecule has 0 aliphatic heterocycles. The summed E-state index contributed by atoms with van der Waals surface area (Å²) < 4.78 is 24.3. The Morgan fingerprint density at radius 3 is 2.55 bits per heavy atom. The average molecular weight is 309 g/mol. The van der Waals surface area contributed by atoms with Crippen LogP contribution >= 0.6 is 11.6 Å². The van der Waals surface area contributed by atoms with Crippen LogP contribution in [0.15, 0.2) is 47.4 Å². The lowest BCUT2D eigenvalue weighted by Gasteiger charge is -2.09. The molecule has 2 aromatic rings. The van der Waals surface area contributed by atoms with Crippen molar-refractivity contribution in [2.75, 3.05) is 5.75 Å². The van der Waals surface area contributed by atoms with Crippen LogP contribution in [0.5, 0.6) is 0 Å². The summed E-state index contributed by atoms with van der Waals surface area (Å²) in [5.74, 6) is 0.172. The molecule has 0 amide bonds. The molecule has 0 bridgehead atoms. The SMILES string of the molecule is CCCS(=O)(=O)c1cccc(-c2cc(Cl)ccc2C)c1. The Kier molecular flexibility index (Phi) is 4.51. The fourth-order valence-corrected chi connectivity index (χ4v) is 3.69. The van der Waals surface area contributed by atoms with Crippen LogP contribution in [0, 0.1) is 6.92 Å². The summed E-state index contributed by atoms with van der Waals surface area (Å²) in [7, 11) is -3.20. The van der Waals surface area contributed by atoms with E-state index >= 15 is 0 Å². The molecular weight excluding hydrogens is 292 g/mol. The number of benzene rings is 2. The maximum Gasteiger partial charge on any atom is 0.178 e. The van der Waals surface area contributed by atoms with Crippen LogP contribution in [-0.2, 0) is 9.84 Å². The van der Waals surface area contributed by atoms with Gasteiger partial charge in [-0.3, -0.25) is 0 Å². The van der Waals surface area contributed by atoms with Crippen molar-refractivity contribution in [3.05, 3.63) is 53.1 Å². The molecule has 106 valence electrons. The second-order valence-corrected chi connectivity index (χ2v) is 7.35. The van der Waals surface area contributed by atoms with E-state index in [1.165, 1.54) is 0 Å². The molecule has 0 radical (unpaired) electrons. The van der Waals surface area contributed by atoms with E-state index in [2.05, 4.69) is 0 Å². The van der Waals surface area contributed by atoms with Crippen molar-refractivity contribution >= 4 is 21.4 Å².